The topological polar surface area (TPSA) is 43.4 Å². The minimum absolute atomic E-state index is 0.481. The van der Waals surface area contributed by atoms with Gasteiger partial charge in [0.05, 0.1) is 6.61 Å². The molecule has 102 valence electrons. The van der Waals surface area contributed by atoms with Crippen LogP contribution in [0.1, 0.15) is 31.5 Å². The maximum atomic E-state index is 5.56. The van der Waals surface area contributed by atoms with Crippen LogP contribution in [0.15, 0.2) is 12.1 Å². The number of rotatable bonds is 8. The van der Waals surface area contributed by atoms with Gasteiger partial charge in [-0.25, -0.2) is 4.98 Å². The Bertz CT molecular complexity index is 354. The van der Waals surface area contributed by atoms with Crippen molar-refractivity contribution in [2.24, 2.45) is 0 Å². The summed E-state index contributed by atoms with van der Waals surface area (Å²) in [5.74, 6) is 0.692. The van der Waals surface area contributed by atoms with E-state index in [1.165, 1.54) is 5.56 Å². The standard InChI is InChI=1S/C14H24N2O2/c1-11(2)15-10-13-6-7-14(16-12(13)3)18-9-5-8-17-4/h6-7,11,15H,5,8-10H2,1-4H3. The molecular weight excluding hydrogens is 228 g/mol. The van der Waals surface area contributed by atoms with Crippen LogP contribution in [0.2, 0.25) is 0 Å². The van der Waals surface area contributed by atoms with Gasteiger partial charge in [0, 0.05) is 44.5 Å². The molecule has 0 aliphatic carbocycles. The van der Waals surface area contributed by atoms with Gasteiger partial charge in [0.1, 0.15) is 0 Å². The molecule has 0 fully saturated rings. The fourth-order valence-electron chi connectivity index (χ4n) is 1.53. The second kappa shape index (κ2) is 8.06. The van der Waals surface area contributed by atoms with E-state index in [1.807, 2.05) is 13.0 Å². The van der Waals surface area contributed by atoms with E-state index in [0.717, 1.165) is 25.3 Å². The van der Waals surface area contributed by atoms with Crippen molar-refractivity contribution in [3.05, 3.63) is 23.4 Å². The minimum atomic E-state index is 0.481. The highest BCUT2D eigenvalue weighted by Crippen LogP contribution is 2.12. The zero-order valence-corrected chi connectivity index (χ0v) is 11.8. The molecule has 1 N–H and O–H groups in total. The first-order valence-corrected chi connectivity index (χ1v) is 6.45. The van der Waals surface area contributed by atoms with Crippen LogP contribution in [0.4, 0.5) is 0 Å². The lowest BCUT2D eigenvalue weighted by Gasteiger charge is -2.11. The maximum Gasteiger partial charge on any atom is 0.213 e. The van der Waals surface area contributed by atoms with E-state index in [0.29, 0.717) is 18.5 Å². The van der Waals surface area contributed by atoms with Crippen LogP contribution in [0, 0.1) is 6.92 Å². The normalized spacial score (nSPS) is 10.9. The second-order valence-corrected chi connectivity index (χ2v) is 4.62. The number of hydrogen-bond donors (Lipinski definition) is 1. The zero-order valence-electron chi connectivity index (χ0n) is 11.8. The van der Waals surface area contributed by atoms with Crippen molar-refractivity contribution in [1.82, 2.24) is 10.3 Å². The van der Waals surface area contributed by atoms with Gasteiger partial charge in [0.15, 0.2) is 0 Å². The molecule has 4 nitrogen and oxygen atoms in total. The van der Waals surface area contributed by atoms with Gasteiger partial charge < -0.3 is 14.8 Å². The Morgan fingerprint density at radius 2 is 2.06 bits per heavy atom. The Balaban J connectivity index is 2.46. The molecule has 1 aromatic heterocycles. The zero-order chi connectivity index (χ0) is 13.4. The average molecular weight is 252 g/mol. The fourth-order valence-corrected chi connectivity index (χ4v) is 1.53. The Morgan fingerprint density at radius 1 is 1.28 bits per heavy atom. The number of methoxy groups -OCH3 is 1. The molecule has 0 radical (unpaired) electrons. The molecule has 0 aliphatic rings. The van der Waals surface area contributed by atoms with E-state index < -0.39 is 0 Å². The Hall–Kier alpha value is -1.13. The first-order chi connectivity index (χ1) is 8.63. The lowest BCUT2D eigenvalue weighted by molar-refractivity contribution is 0.170. The lowest BCUT2D eigenvalue weighted by atomic mass is 10.2. The molecule has 1 aromatic rings. The van der Waals surface area contributed by atoms with Crippen LogP contribution >= 0.6 is 0 Å². The van der Waals surface area contributed by atoms with Crippen LogP contribution in [0.3, 0.4) is 0 Å². The highest BCUT2D eigenvalue weighted by Gasteiger charge is 2.03. The first-order valence-electron chi connectivity index (χ1n) is 6.45. The minimum Gasteiger partial charge on any atom is -0.478 e. The second-order valence-electron chi connectivity index (χ2n) is 4.62. The summed E-state index contributed by atoms with van der Waals surface area (Å²) in [6, 6.07) is 4.48. The van der Waals surface area contributed by atoms with Gasteiger partial charge in [0.25, 0.3) is 0 Å². The average Bonchev–Trinajstić information content (AvgIpc) is 2.33. The highest BCUT2D eigenvalue weighted by molar-refractivity contribution is 5.24. The van der Waals surface area contributed by atoms with Crippen molar-refractivity contribution < 1.29 is 9.47 Å². The van der Waals surface area contributed by atoms with Gasteiger partial charge in [0.2, 0.25) is 5.88 Å². The van der Waals surface area contributed by atoms with Crippen molar-refractivity contribution in [2.75, 3.05) is 20.3 Å². The van der Waals surface area contributed by atoms with Crippen molar-refractivity contribution in [3.8, 4) is 5.88 Å². The fraction of sp³-hybridized carbons (Fsp3) is 0.643. The van der Waals surface area contributed by atoms with Gasteiger partial charge in [-0.05, 0) is 12.5 Å². The predicted octanol–water partition coefficient (Wildman–Crippen LogP) is 2.30. The van der Waals surface area contributed by atoms with Crippen molar-refractivity contribution in [1.29, 1.82) is 0 Å². The van der Waals surface area contributed by atoms with Crippen LogP contribution in [-0.4, -0.2) is 31.3 Å². The lowest BCUT2D eigenvalue weighted by Crippen LogP contribution is -2.22. The van der Waals surface area contributed by atoms with E-state index in [9.17, 15) is 0 Å². The number of ether oxygens (including phenoxy) is 2. The molecule has 0 spiro atoms. The summed E-state index contributed by atoms with van der Waals surface area (Å²) in [5.41, 5.74) is 2.24. The maximum absolute atomic E-state index is 5.56. The largest absolute Gasteiger partial charge is 0.478 e. The molecule has 0 amide bonds. The quantitative estimate of drug-likeness (QED) is 0.721. The third-order valence-corrected chi connectivity index (χ3v) is 2.61. The number of nitrogens with zero attached hydrogens (tertiary/aromatic N) is 1. The summed E-state index contributed by atoms with van der Waals surface area (Å²) in [6.45, 7) is 8.49. The molecule has 1 rings (SSSR count). The molecule has 0 aliphatic heterocycles. The molecule has 0 saturated heterocycles. The molecule has 0 saturated carbocycles. The van der Waals surface area contributed by atoms with Gasteiger partial charge in [-0.2, -0.15) is 0 Å². The van der Waals surface area contributed by atoms with Crippen molar-refractivity contribution in [3.63, 3.8) is 0 Å². The molecule has 1 heterocycles. The first kappa shape index (κ1) is 14.9. The summed E-state index contributed by atoms with van der Waals surface area (Å²) in [7, 11) is 1.69. The monoisotopic (exact) mass is 252 g/mol. The summed E-state index contributed by atoms with van der Waals surface area (Å²) in [4.78, 5) is 4.45. The molecule has 4 heteroatoms. The van der Waals surface area contributed by atoms with E-state index in [4.69, 9.17) is 9.47 Å². The molecule has 0 unspecified atom stereocenters. The van der Waals surface area contributed by atoms with Crippen LogP contribution in [0.5, 0.6) is 5.88 Å². The number of aryl methyl sites for hydroxylation is 1. The SMILES string of the molecule is COCCCOc1ccc(CNC(C)C)c(C)n1. The molecular formula is C14H24N2O2. The van der Waals surface area contributed by atoms with Crippen molar-refractivity contribution >= 4 is 0 Å². The summed E-state index contributed by atoms with van der Waals surface area (Å²) in [5, 5.41) is 3.38. The van der Waals surface area contributed by atoms with Crippen LogP contribution in [0.25, 0.3) is 0 Å². The Kier molecular flexibility index (Phi) is 6.68. The Morgan fingerprint density at radius 3 is 2.67 bits per heavy atom. The van der Waals surface area contributed by atoms with Crippen LogP contribution in [-0.2, 0) is 11.3 Å². The number of pyridine rings is 1. The molecule has 0 aromatic carbocycles. The number of hydrogen-bond acceptors (Lipinski definition) is 4. The summed E-state index contributed by atoms with van der Waals surface area (Å²) < 4.78 is 10.5. The van der Waals surface area contributed by atoms with E-state index in [2.05, 4.69) is 30.2 Å². The molecule has 0 atom stereocenters. The van der Waals surface area contributed by atoms with E-state index >= 15 is 0 Å². The smallest absolute Gasteiger partial charge is 0.213 e. The Labute approximate surface area is 110 Å². The van der Waals surface area contributed by atoms with Gasteiger partial charge in [-0.3, -0.25) is 0 Å². The third-order valence-electron chi connectivity index (χ3n) is 2.61. The predicted molar refractivity (Wildman–Crippen MR) is 72.9 cm³/mol. The molecule has 0 bridgehead atoms. The van der Waals surface area contributed by atoms with Crippen molar-refractivity contribution in [2.45, 2.75) is 39.8 Å². The number of nitrogens with one attached hydrogen (secondary N) is 1. The summed E-state index contributed by atoms with van der Waals surface area (Å²) >= 11 is 0. The van der Waals surface area contributed by atoms with Crippen LogP contribution < -0.4 is 10.1 Å². The van der Waals surface area contributed by atoms with Gasteiger partial charge in [-0.15, -0.1) is 0 Å². The highest BCUT2D eigenvalue weighted by atomic mass is 16.5. The third kappa shape index (κ3) is 5.47. The van der Waals surface area contributed by atoms with Gasteiger partial charge >= 0.3 is 0 Å². The number of aromatic nitrogens is 1. The summed E-state index contributed by atoms with van der Waals surface area (Å²) in [6.07, 6.45) is 0.883. The van der Waals surface area contributed by atoms with E-state index in [1.54, 1.807) is 7.11 Å². The molecule has 18 heavy (non-hydrogen) atoms. The van der Waals surface area contributed by atoms with Gasteiger partial charge in [-0.1, -0.05) is 19.9 Å². The van der Waals surface area contributed by atoms with E-state index in [-0.39, 0.29) is 0 Å².